The molecule has 0 saturated carbocycles. The van der Waals surface area contributed by atoms with Gasteiger partial charge in [0.1, 0.15) is 23.0 Å². The summed E-state index contributed by atoms with van der Waals surface area (Å²) in [4.78, 5) is 3.76. The van der Waals surface area contributed by atoms with Crippen LogP contribution in [0.1, 0.15) is 0 Å². The number of aromatic amines is 1. The van der Waals surface area contributed by atoms with Crippen LogP contribution in [-0.2, 0) is 0 Å². The lowest BCUT2D eigenvalue weighted by Gasteiger charge is -2.21. The first-order valence-corrected chi connectivity index (χ1v) is 15.2. The molecular weight excluding hydrogens is 586 g/mol. The van der Waals surface area contributed by atoms with Gasteiger partial charge in [0.15, 0.2) is 0 Å². The molecule has 0 bridgehead atoms. The number of aromatic nitrogens is 1. The van der Waals surface area contributed by atoms with Gasteiger partial charge in [0.05, 0.1) is 39.6 Å². The SMILES string of the molecule is COc1ccc(-c2c(N)c(-c3ccc(OC)cc3)c3[nH]c4cc(N)cc(-c5ccc(OC)cc5)c4c3c2-c2ccc(OC)cc2)cc1. The van der Waals surface area contributed by atoms with E-state index in [2.05, 4.69) is 41.4 Å². The average molecular weight is 622 g/mol. The predicted octanol–water partition coefficient (Wildman–Crippen LogP) is 9.19. The standard InChI is InChI=1S/C40H35N3O4/c1-44-28-13-5-23(6-14-28)32-21-27(41)22-33-37(32)38-34(24-7-15-29(45-2)16-8-24)35(25-9-17-30(46-3)18-10-25)39(42)36(40(38)43-33)26-11-19-31(47-4)20-12-26/h5-22,43H,41-42H2,1-4H3. The molecule has 0 unspecified atom stereocenters. The highest BCUT2D eigenvalue weighted by atomic mass is 16.5. The molecule has 7 nitrogen and oxygen atoms in total. The highest BCUT2D eigenvalue weighted by Gasteiger charge is 2.26. The summed E-state index contributed by atoms with van der Waals surface area (Å²) in [5, 5.41) is 2.07. The van der Waals surface area contributed by atoms with Crippen molar-refractivity contribution in [2.24, 2.45) is 0 Å². The second-order valence-corrected chi connectivity index (χ2v) is 11.3. The fourth-order valence-electron chi connectivity index (χ4n) is 6.47. The van der Waals surface area contributed by atoms with Crippen molar-refractivity contribution in [3.63, 3.8) is 0 Å². The monoisotopic (exact) mass is 621 g/mol. The Morgan fingerprint density at radius 1 is 0.447 bits per heavy atom. The molecule has 7 rings (SSSR count). The number of benzene rings is 6. The molecule has 0 aliphatic heterocycles. The number of nitrogens with one attached hydrogen (secondary N) is 1. The fraction of sp³-hybridized carbons (Fsp3) is 0.100. The summed E-state index contributed by atoms with van der Waals surface area (Å²) in [6.45, 7) is 0. The third-order valence-electron chi connectivity index (χ3n) is 8.75. The minimum absolute atomic E-state index is 0.643. The van der Waals surface area contributed by atoms with E-state index in [1.165, 1.54) is 0 Å². The molecule has 47 heavy (non-hydrogen) atoms. The summed E-state index contributed by atoms with van der Waals surface area (Å²) in [5.41, 5.74) is 24.7. The molecule has 0 saturated heterocycles. The van der Waals surface area contributed by atoms with E-state index >= 15 is 0 Å². The zero-order valence-corrected chi connectivity index (χ0v) is 26.7. The largest absolute Gasteiger partial charge is 0.497 e. The Kier molecular flexibility index (Phi) is 7.58. The highest BCUT2D eigenvalue weighted by Crippen LogP contribution is 2.52. The van der Waals surface area contributed by atoms with Gasteiger partial charge in [-0.25, -0.2) is 0 Å². The molecular formula is C40H35N3O4. The maximum Gasteiger partial charge on any atom is 0.118 e. The third kappa shape index (κ3) is 5.12. The van der Waals surface area contributed by atoms with Crippen molar-refractivity contribution in [1.29, 1.82) is 0 Å². The van der Waals surface area contributed by atoms with E-state index in [0.29, 0.717) is 11.4 Å². The van der Waals surface area contributed by atoms with Crippen LogP contribution in [0.15, 0.2) is 109 Å². The van der Waals surface area contributed by atoms with Crippen LogP contribution < -0.4 is 30.4 Å². The molecule has 0 fully saturated rings. The number of fused-ring (bicyclic) bond motifs is 3. The van der Waals surface area contributed by atoms with E-state index in [0.717, 1.165) is 89.3 Å². The zero-order chi connectivity index (χ0) is 32.7. The first-order chi connectivity index (χ1) is 22.9. The third-order valence-corrected chi connectivity index (χ3v) is 8.75. The van der Waals surface area contributed by atoms with Gasteiger partial charge >= 0.3 is 0 Å². The van der Waals surface area contributed by atoms with Crippen molar-refractivity contribution in [2.75, 3.05) is 39.9 Å². The molecule has 0 radical (unpaired) electrons. The maximum absolute atomic E-state index is 7.34. The first-order valence-electron chi connectivity index (χ1n) is 15.2. The molecule has 1 aromatic heterocycles. The minimum atomic E-state index is 0.643. The number of hydrogen-bond acceptors (Lipinski definition) is 6. The molecule has 1 heterocycles. The maximum atomic E-state index is 7.34. The lowest BCUT2D eigenvalue weighted by Crippen LogP contribution is -2.00. The predicted molar refractivity (Wildman–Crippen MR) is 193 cm³/mol. The number of nitrogens with two attached hydrogens (primary N) is 2. The number of methoxy groups -OCH3 is 4. The van der Waals surface area contributed by atoms with E-state index < -0.39 is 0 Å². The van der Waals surface area contributed by atoms with E-state index in [9.17, 15) is 0 Å². The van der Waals surface area contributed by atoms with Crippen molar-refractivity contribution < 1.29 is 18.9 Å². The van der Waals surface area contributed by atoms with E-state index in [4.69, 9.17) is 30.4 Å². The second kappa shape index (κ2) is 12.0. The molecule has 0 atom stereocenters. The smallest absolute Gasteiger partial charge is 0.118 e. The highest BCUT2D eigenvalue weighted by molar-refractivity contribution is 6.27. The average Bonchev–Trinajstić information content (AvgIpc) is 3.49. The van der Waals surface area contributed by atoms with Gasteiger partial charge in [0, 0.05) is 38.7 Å². The Hall–Kier alpha value is -6.08. The molecule has 7 heteroatoms. The summed E-state index contributed by atoms with van der Waals surface area (Å²) < 4.78 is 22.0. The molecule has 0 aliphatic rings. The Bertz CT molecular complexity index is 2220. The Morgan fingerprint density at radius 2 is 0.851 bits per heavy atom. The number of nitrogen functional groups attached to an aromatic ring is 2. The van der Waals surface area contributed by atoms with E-state index in [-0.39, 0.29) is 0 Å². The van der Waals surface area contributed by atoms with E-state index in [1.54, 1.807) is 28.4 Å². The molecule has 0 amide bonds. The summed E-state index contributed by atoms with van der Waals surface area (Å²) >= 11 is 0. The van der Waals surface area contributed by atoms with Gasteiger partial charge < -0.3 is 35.4 Å². The van der Waals surface area contributed by atoms with Gasteiger partial charge in [-0.05, 0) is 88.5 Å². The summed E-state index contributed by atoms with van der Waals surface area (Å²) in [6, 6.07) is 36.2. The number of anilines is 2. The van der Waals surface area contributed by atoms with Crippen molar-refractivity contribution in [3.8, 4) is 67.5 Å². The van der Waals surface area contributed by atoms with E-state index in [1.807, 2.05) is 72.8 Å². The number of ether oxygens (including phenoxy) is 4. The topological polar surface area (TPSA) is 105 Å². The van der Waals surface area contributed by atoms with Gasteiger partial charge in [0.2, 0.25) is 0 Å². The molecule has 7 aromatic rings. The molecule has 6 aromatic carbocycles. The fourth-order valence-corrected chi connectivity index (χ4v) is 6.47. The number of rotatable bonds is 8. The van der Waals surface area contributed by atoms with Crippen LogP contribution in [0.25, 0.3) is 66.3 Å². The van der Waals surface area contributed by atoms with Gasteiger partial charge in [-0.3, -0.25) is 0 Å². The van der Waals surface area contributed by atoms with Crippen molar-refractivity contribution >= 4 is 33.2 Å². The van der Waals surface area contributed by atoms with Gasteiger partial charge in [-0.1, -0.05) is 48.5 Å². The molecule has 0 spiro atoms. The van der Waals surface area contributed by atoms with Crippen molar-refractivity contribution in [3.05, 3.63) is 109 Å². The number of H-pyrrole nitrogens is 1. The minimum Gasteiger partial charge on any atom is -0.497 e. The molecule has 5 N–H and O–H groups in total. The summed E-state index contributed by atoms with van der Waals surface area (Å²) in [5.74, 6) is 3.08. The van der Waals surface area contributed by atoms with Crippen LogP contribution in [0, 0.1) is 0 Å². The number of hydrogen-bond donors (Lipinski definition) is 3. The van der Waals surface area contributed by atoms with Crippen LogP contribution in [-0.4, -0.2) is 33.4 Å². The van der Waals surface area contributed by atoms with Gasteiger partial charge in [0.25, 0.3) is 0 Å². The van der Waals surface area contributed by atoms with Crippen LogP contribution >= 0.6 is 0 Å². The zero-order valence-electron chi connectivity index (χ0n) is 26.7. The van der Waals surface area contributed by atoms with Crippen molar-refractivity contribution in [1.82, 2.24) is 4.98 Å². The first kappa shape index (κ1) is 29.6. The van der Waals surface area contributed by atoms with Crippen molar-refractivity contribution in [2.45, 2.75) is 0 Å². The quantitative estimate of drug-likeness (QED) is 0.146. The Balaban J connectivity index is 1.69. The Morgan fingerprint density at radius 3 is 1.30 bits per heavy atom. The normalized spacial score (nSPS) is 11.1. The van der Waals surface area contributed by atoms with Gasteiger partial charge in [-0.2, -0.15) is 0 Å². The van der Waals surface area contributed by atoms with Crippen LogP contribution in [0.2, 0.25) is 0 Å². The summed E-state index contributed by atoms with van der Waals surface area (Å²) in [6.07, 6.45) is 0. The summed E-state index contributed by atoms with van der Waals surface area (Å²) in [7, 11) is 6.66. The Labute approximate surface area is 273 Å². The lowest BCUT2D eigenvalue weighted by molar-refractivity contribution is 0.414. The molecule has 234 valence electrons. The van der Waals surface area contributed by atoms with Gasteiger partial charge in [-0.15, -0.1) is 0 Å². The molecule has 0 aliphatic carbocycles. The second-order valence-electron chi connectivity index (χ2n) is 11.3. The van der Waals surface area contributed by atoms with Crippen LogP contribution in [0.5, 0.6) is 23.0 Å². The van der Waals surface area contributed by atoms with Crippen LogP contribution in [0.3, 0.4) is 0 Å². The van der Waals surface area contributed by atoms with Crippen LogP contribution in [0.4, 0.5) is 11.4 Å². The lowest BCUT2D eigenvalue weighted by atomic mass is 9.84.